The molecule has 0 radical (unpaired) electrons. The number of rotatable bonds is 1. The predicted molar refractivity (Wildman–Crippen MR) is 68.4 cm³/mol. The summed E-state index contributed by atoms with van der Waals surface area (Å²) >= 11 is 1.60. The minimum Gasteiger partial charge on any atom is -1.00 e. The molecule has 0 fully saturated rings. The maximum atomic E-state index is 2.31. The fourth-order valence-electron chi connectivity index (χ4n) is 3.02. The van der Waals surface area contributed by atoms with Crippen molar-refractivity contribution in [3.63, 3.8) is 0 Å². The Morgan fingerprint density at radius 2 is 1.89 bits per heavy atom. The van der Waals surface area contributed by atoms with Gasteiger partial charge in [-0.1, -0.05) is 0 Å². The molecule has 1 unspecified atom stereocenters. The van der Waals surface area contributed by atoms with Crippen molar-refractivity contribution < 1.29 is 49.5 Å². The molecule has 0 aliphatic heterocycles. The number of hydrogen-bond donors (Lipinski definition) is 0. The normalized spacial score (nSPS) is 19.8. The van der Waals surface area contributed by atoms with Crippen LogP contribution in [-0.4, -0.2) is 0 Å². The third kappa shape index (κ3) is 2.71. The van der Waals surface area contributed by atoms with Gasteiger partial charge in [-0.2, -0.15) is 0 Å². The van der Waals surface area contributed by atoms with E-state index in [-0.39, 0.29) is 24.8 Å². The number of halogens is 2. The second kappa shape index (κ2) is 6.57. The number of aryl methyl sites for hydroxylation is 1. The fourth-order valence-corrected chi connectivity index (χ4v) is 4.60. The van der Waals surface area contributed by atoms with Crippen LogP contribution in [0.15, 0.2) is 47.6 Å². The van der Waals surface area contributed by atoms with Crippen molar-refractivity contribution in [2.45, 2.75) is 23.9 Å². The standard InChI is InChI=1S/C16H15.2ClH.Zr/c1-11-6-5-9-14-10-15(12(2)16(11)14)13-7-3-4-8-13;;;/h3-7,9-10H,8H2,1-2H3;2*1H;/q;;;+2/p-2. The third-order valence-corrected chi connectivity index (χ3v) is 5.27. The maximum Gasteiger partial charge on any atom is -1.00 e. The van der Waals surface area contributed by atoms with E-state index in [9.17, 15) is 0 Å². The molecule has 0 aromatic heterocycles. The Morgan fingerprint density at radius 1 is 1.16 bits per heavy atom. The summed E-state index contributed by atoms with van der Waals surface area (Å²) in [6, 6.07) is 6.74. The first-order valence-electron chi connectivity index (χ1n) is 6.08. The van der Waals surface area contributed by atoms with Crippen LogP contribution in [0.5, 0.6) is 0 Å². The zero-order valence-electron chi connectivity index (χ0n) is 11.0. The molecule has 0 amide bonds. The van der Waals surface area contributed by atoms with Crippen molar-refractivity contribution in [3.8, 4) is 0 Å². The van der Waals surface area contributed by atoms with Gasteiger partial charge in [-0.25, -0.2) is 0 Å². The zero-order chi connectivity index (χ0) is 12.0. The van der Waals surface area contributed by atoms with E-state index < -0.39 is 0 Å². The molecule has 19 heavy (non-hydrogen) atoms. The van der Waals surface area contributed by atoms with Crippen LogP contribution in [0.1, 0.15) is 33.7 Å². The first kappa shape index (κ1) is 17.0. The van der Waals surface area contributed by atoms with Crippen molar-refractivity contribution in [2.24, 2.45) is 0 Å². The van der Waals surface area contributed by atoms with E-state index >= 15 is 0 Å². The summed E-state index contributed by atoms with van der Waals surface area (Å²) in [4.78, 5) is 0. The second-order valence-corrected chi connectivity index (χ2v) is 6.25. The van der Waals surface area contributed by atoms with Crippen LogP contribution in [0, 0.1) is 6.92 Å². The molecule has 0 N–H and O–H groups in total. The summed E-state index contributed by atoms with van der Waals surface area (Å²) in [6.45, 7) is 4.53. The van der Waals surface area contributed by atoms with Gasteiger partial charge in [-0.05, 0) is 0 Å². The first-order chi connectivity index (χ1) is 8.20. The molecule has 2 aliphatic rings. The molecule has 0 bridgehead atoms. The Bertz CT molecular complexity index is 582. The van der Waals surface area contributed by atoms with Gasteiger partial charge in [0, 0.05) is 0 Å². The predicted octanol–water partition coefficient (Wildman–Crippen LogP) is -1.74. The number of benzene rings is 1. The maximum absolute atomic E-state index is 2.31. The molecule has 97 valence electrons. The monoisotopic (exact) mass is 367 g/mol. The third-order valence-electron chi connectivity index (χ3n) is 3.80. The van der Waals surface area contributed by atoms with Gasteiger partial charge in [0.2, 0.25) is 0 Å². The molecule has 0 spiro atoms. The summed E-state index contributed by atoms with van der Waals surface area (Å²) in [5.74, 6) is 0. The van der Waals surface area contributed by atoms with E-state index in [1.165, 1.54) is 22.3 Å². The Kier molecular flexibility index (Phi) is 5.86. The largest absolute Gasteiger partial charge is 1.00 e. The van der Waals surface area contributed by atoms with Gasteiger partial charge in [0.1, 0.15) is 0 Å². The topological polar surface area (TPSA) is 0 Å². The van der Waals surface area contributed by atoms with Crippen molar-refractivity contribution in [1.29, 1.82) is 0 Å². The van der Waals surface area contributed by atoms with Gasteiger partial charge in [0.05, 0.1) is 0 Å². The van der Waals surface area contributed by atoms with E-state index in [2.05, 4.69) is 50.3 Å². The van der Waals surface area contributed by atoms with Gasteiger partial charge in [0.15, 0.2) is 0 Å². The van der Waals surface area contributed by atoms with Crippen molar-refractivity contribution >= 4 is 5.57 Å². The van der Waals surface area contributed by atoms with Crippen molar-refractivity contribution in [1.82, 2.24) is 0 Å². The molecule has 0 nitrogen and oxygen atoms in total. The molecule has 0 saturated carbocycles. The van der Waals surface area contributed by atoms with Crippen LogP contribution in [0.25, 0.3) is 5.57 Å². The second-order valence-electron chi connectivity index (χ2n) is 4.84. The number of hydrogen-bond acceptors (Lipinski definition) is 0. The summed E-state index contributed by atoms with van der Waals surface area (Å²) < 4.78 is 0.642. The van der Waals surface area contributed by atoms with Gasteiger partial charge < -0.3 is 24.8 Å². The van der Waals surface area contributed by atoms with Crippen LogP contribution in [0.4, 0.5) is 0 Å². The summed E-state index contributed by atoms with van der Waals surface area (Å²) in [6.07, 6.45) is 7.85. The SMILES string of the molecule is CC1=C(C2=CC=CC2)[CH]([Zr+2])c2cccc(C)c21.[Cl-].[Cl-]. The van der Waals surface area contributed by atoms with Crippen LogP contribution in [-0.2, 0) is 24.7 Å². The van der Waals surface area contributed by atoms with Crippen LogP contribution >= 0.6 is 0 Å². The van der Waals surface area contributed by atoms with Crippen LogP contribution in [0.2, 0.25) is 0 Å². The number of allylic oxidation sites excluding steroid dienone is 6. The first-order valence-corrected chi connectivity index (χ1v) is 7.50. The Hall–Kier alpha value is -0.0969. The van der Waals surface area contributed by atoms with E-state index in [0.29, 0.717) is 3.63 Å². The van der Waals surface area contributed by atoms with Crippen LogP contribution in [0.3, 0.4) is 0 Å². The molecule has 3 heteroatoms. The molecule has 1 aromatic rings. The summed E-state index contributed by atoms with van der Waals surface area (Å²) in [7, 11) is 0. The number of fused-ring (bicyclic) bond motifs is 1. The Morgan fingerprint density at radius 3 is 2.47 bits per heavy atom. The molecule has 3 rings (SSSR count). The molecular weight excluding hydrogens is 354 g/mol. The summed E-state index contributed by atoms with van der Waals surface area (Å²) in [5, 5.41) is 0. The zero-order valence-corrected chi connectivity index (χ0v) is 15.0. The molecule has 0 saturated heterocycles. The van der Waals surface area contributed by atoms with E-state index in [1.54, 1.807) is 35.9 Å². The average molecular weight is 369 g/mol. The minimum atomic E-state index is 0. The Balaban J connectivity index is 0.000000902. The quantitative estimate of drug-likeness (QED) is 0.552. The van der Waals surface area contributed by atoms with Crippen LogP contribution < -0.4 is 24.8 Å². The Labute approximate surface area is 142 Å². The van der Waals surface area contributed by atoms with Crippen molar-refractivity contribution in [2.75, 3.05) is 0 Å². The molecule has 1 aromatic carbocycles. The smallest absolute Gasteiger partial charge is 1.00 e. The summed E-state index contributed by atoms with van der Waals surface area (Å²) in [5.41, 5.74) is 9.11. The molecular formula is C16H15Cl2Zr. The van der Waals surface area contributed by atoms with Crippen molar-refractivity contribution in [3.05, 3.63) is 64.3 Å². The average Bonchev–Trinajstić information content (AvgIpc) is 2.88. The van der Waals surface area contributed by atoms with Gasteiger partial charge in [0.25, 0.3) is 0 Å². The minimum absolute atomic E-state index is 0. The van der Waals surface area contributed by atoms with Gasteiger partial charge in [-0.3, -0.25) is 0 Å². The molecule has 0 heterocycles. The van der Waals surface area contributed by atoms with E-state index in [0.717, 1.165) is 6.42 Å². The van der Waals surface area contributed by atoms with E-state index in [4.69, 9.17) is 0 Å². The molecule has 1 atom stereocenters. The van der Waals surface area contributed by atoms with E-state index in [1.807, 2.05) is 0 Å². The fraction of sp³-hybridized carbons (Fsp3) is 0.250. The van der Waals surface area contributed by atoms with Gasteiger partial charge in [-0.15, -0.1) is 0 Å². The van der Waals surface area contributed by atoms with Gasteiger partial charge >= 0.3 is 118 Å². The molecule has 2 aliphatic carbocycles.